The van der Waals surface area contributed by atoms with Gasteiger partial charge in [-0.05, 0) is 35.9 Å². The van der Waals surface area contributed by atoms with Gasteiger partial charge in [-0.1, -0.05) is 54.6 Å². The van der Waals surface area contributed by atoms with Crippen LogP contribution in [0.2, 0.25) is 0 Å². The first-order valence-corrected chi connectivity index (χ1v) is 11.6. The first-order valence-electron chi connectivity index (χ1n) is 10.1. The Kier molecular flexibility index (Phi) is 6.05. The standard InChI is InChI=1S/C24H23N3O2S.ClH/c28-30(29,20-10-5-2-6-11-20)27-23-13-7-12-22(26-16-14-25-15-17-26)21(23)18-24(27)19-8-3-1-4-9-19;/h1-13,18,25H,14-17H2;1H. The number of benzene rings is 3. The van der Waals surface area contributed by atoms with Gasteiger partial charge in [0, 0.05) is 37.3 Å². The quantitative estimate of drug-likeness (QED) is 0.498. The lowest BCUT2D eigenvalue weighted by atomic mass is 10.1. The van der Waals surface area contributed by atoms with E-state index in [1.807, 2.05) is 54.6 Å². The van der Waals surface area contributed by atoms with Gasteiger partial charge in [0.2, 0.25) is 0 Å². The number of fused-ring (bicyclic) bond motifs is 1. The molecule has 1 aliphatic heterocycles. The molecule has 5 rings (SSSR count). The van der Waals surface area contributed by atoms with Crippen molar-refractivity contribution in [2.24, 2.45) is 0 Å². The highest BCUT2D eigenvalue weighted by molar-refractivity contribution is 7.90. The molecule has 0 bridgehead atoms. The minimum Gasteiger partial charge on any atom is -0.368 e. The summed E-state index contributed by atoms with van der Waals surface area (Å²) in [4.78, 5) is 2.61. The largest absolute Gasteiger partial charge is 0.368 e. The molecule has 4 aromatic rings. The van der Waals surface area contributed by atoms with Crippen LogP contribution in [0.25, 0.3) is 22.2 Å². The van der Waals surface area contributed by atoms with Crippen LogP contribution in [-0.4, -0.2) is 38.6 Å². The predicted molar refractivity (Wildman–Crippen MR) is 129 cm³/mol. The van der Waals surface area contributed by atoms with Crippen LogP contribution in [-0.2, 0) is 10.0 Å². The van der Waals surface area contributed by atoms with Gasteiger partial charge in [-0.3, -0.25) is 0 Å². The molecular weight excluding hydrogens is 430 g/mol. The second kappa shape index (κ2) is 8.75. The van der Waals surface area contributed by atoms with Crippen molar-refractivity contribution < 1.29 is 8.42 Å². The van der Waals surface area contributed by atoms with E-state index in [2.05, 4.69) is 16.3 Å². The monoisotopic (exact) mass is 453 g/mol. The number of anilines is 1. The number of piperazine rings is 1. The van der Waals surface area contributed by atoms with Crippen LogP contribution >= 0.6 is 12.4 Å². The summed E-state index contributed by atoms with van der Waals surface area (Å²) in [6.07, 6.45) is 0. The molecule has 0 atom stereocenters. The van der Waals surface area contributed by atoms with Gasteiger partial charge in [0.05, 0.1) is 16.1 Å². The molecule has 1 saturated heterocycles. The fraction of sp³-hybridized carbons (Fsp3) is 0.167. The van der Waals surface area contributed by atoms with Gasteiger partial charge in [-0.15, -0.1) is 12.4 Å². The van der Waals surface area contributed by atoms with Gasteiger partial charge < -0.3 is 10.2 Å². The number of nitrogens with one attached hydrogen (secondary N) is 1. The average Bonchev–Trinajstić information content (AvgIpc) is 3.21. The number of hydrogen-bond acceptors (Lipinski definition) is 4. The van der Waals surface area contributed by atoms with Crippen molar-refractivity contribution in [3.05, 3.63) is 84.9 Å². The Labute approximate surface area is 188 Å². The molecule has 0 aliphatic carbocycles. The lowest BCUT2D eigenvalue weighted by Gasteiger charge is -2.30. The number of rotatable bonds is 4. The molecular formula is C24H24ClN3O2S. The van der Waals surface area contributed by atoms with Crippen molar-refractivity contribution in [1.82, 2.24) is 9.29 Å². The van der Waals surface area contributed by atoms with E-state index in [9.17, 15) is 8.42 Å². The lowest BCUT2D eigenvalue weighted by molar-refractivity contribution is 0.589. The Morgan fingerprint density at radius 3 is 2.10 bits per heavy atom. The van der Waals surface area contributed by atoms with E-state index in [0.717, 1.165) is 42.8 Å². The fourth-order valence-corrected chi connectivity index (χ4v) is 5.69. The highest BCUT2D eigenvalue weighted by Gasteiger charge is 2.25. The molecule has 160 valence electrons. The van der Waals surface area contributed by atoms with Gasteiger partial charge in [0.25, 0.3) is 10.0 Å². The molecule has 0 saturated carbocycles. The molecule has 31 heavy (non-hydrogen) atoms. The second-order valence-electron chi connectivity index (χ2n) is 7.43. The maximum absolute atomic E-state index is 13.7. The summed E-state index contributed by atoms with van der Waals surface area (Å²) in [6, 6.07) is 26.3. The van der Waals surface area contributed by atoms with Gasteiger partial charge in [-0.2, -0.15) is 0 Å². The summed E-state index contributed by atoms with van der Waals surface area (Å²) in [5.41, 5.74) is 3.33. The summed E-state index contributed by atoms with van der Waals surface area (Å²) in [6.45, 7) is 3.64. The van der Waals surface area contributed by atoms with E-state index < -0.39 is 10.0 Å². The smallest absolute Gasteiger partial charge is 0.268 e. The molecule has 2 heterocycles. The molecule has 0 unspecified atom stereocenters. The second-order valence-corrected chi connectivity index (χ2v) is 9.21. The zero-order valence-corrected chi connectivity index (χ0v) is 18.6. The van der Waals surface area contributed by atoms with Crippen LogP contribution in [0.5, 0.6) is 0 Å². The Balaban J connectivity index is 0.00000231. The van der Waals surface area contributed by atoms with Crippen LogP contribution in [0.1, 0.15) is 0 Å². The molecule has 0 amide bonds. The Morgan fingerprint density at radius 1 is 0.774 bits per heavy atom. The zero-order chi connectivity index (χ0) is 20.6. The Hall–Kier alpha value is -2.80. The molecule has 1 aliphatic rings. The zero-order valence-electron chi connectivity index (χ0n) is 16.9. The summed E-state index contributed by atoms with van der Waals surface area (Å²) in [5, 5.41) is 4.33. The SMILES string of the molecule is Cl.O=S(=O)(c1ccccc1)n1c(-c2ccccc2)cc2c(N3CCNCC3)cccc21. The maximum Gasteiger partial charge on any atom is 0.268 e. The van der Waals surface area contributed by atoms with Crippen molar-refractivity contribution >= 4 is 39.0 Å². The fourth-order valence-electron chi connectivity index (χ4n) is 4.14. The van der Waals surface area contributed by atoms with Crippen molar-refractivity contribution in [2.75, 3.05) is 31.1 Å². The van der Waals surface area contributed by atoms with E-state index in [1.165, 1.54) is 3.97 Å². The highest BCUT2D eigenvalue weighted by Crippen LogP contribution is 2.37. The molecule has 7 heteroatoms. The van der Waals surface area contributed by atoms with Crippen molar-refractivity contribution in [2.45, 2.75) is 4.90 Å². The Bertz CT molecular complexity index is 1280. The van der Waals surface area contributed by atoms with Gasteiger partial charge in [0.15, 0.2) is 0 Å². The van der Waals surface area contributed by atoms with Gasteiger partial charge in [-0.25, -0.2) is 12.4 Å². The van der Waals surface area contributed by atoms with E-state index in [4.69, 9.17) is 0 Å². The number of nitrogens with zero attached hydrogens (tertiary/aromatic N) is 2. The normalized spacial score (nSPS) is 14.4. The molecule has 5 nitrogen and oxygen atoms in total. The minimum absolute atomic E-state index is 0. The third-order valence-corrected chi connectivity index (χ3v) is 7.33. The third-order valence-electron chi connectivity index (χ3n) is 5.59. The first kappa shape index (κ1) is 21.4. The number of hydrogen-bond donors (Lipinski definition) is 1. The van der Waals surface area contributed by atoms with Crippen LogP contribution < -0.4 is 10.2 Å². The summed E-state index contributed by atoms with van der Waals surface area (Å²) in [5.74, 6) is 0. The molecule has 1 aromatic heterocycles. The summed E-state index contributed by atoms with van der Waals surface area (Å²) < 4.78 is 29.0. The van der Waals surface area contributed by atoms with E-state index in [0.29, 0.717) is 11.2 Å². The van der Waals surface area contributed by atoms with E-state index >= 15 is 0 Å². The van der Waals surface area contributed by atoms with Crippen LogP contribution in [0, 0.1) is 0 Å². The minimum atomic E-state index is -3.76. The highest BCUT2D eigenvalue weighted by atomic mass is 35.5. The lowest BCUT2D eigenvalue weighted by Crippen LogP contribution is -2.43. The molecule has 0 spiro atoms. The van der Waals surface area contributed by atoms with Crippen molar-refractivity contribution in [1.29, 1.82) is 0 Å². The topological polar surface area (TPSA) is 54.3 Å². The average molecular weight is 454 g/mol. The van der Waals surface area contributed by atoms with Crippen molar-refractivity contribution in [3.63, 3.8) is 0 Å². The van der Waals surface area contributed by atoms with Crippen LogP contribution in [0.4, 0.5) is 5.69 Å². The van der Waals surface area contributed by atoms with Gasteiger partial charge in [0.1, 0.15) is 0 Å². The van der Waals surface area contributed by atoms with Crippen LogP contribution in [0.3, 0.4) is 0 Å². The molecule has 1 N–H and O–H groups in total. The maximum atomic E-state index is 13.7. The third kappa shape index (κ3) is 3.83. The number of halogens is 1. The molecule has 0 radical (unpaired) electrons. The Morgan fingerprint density at radius 2 is 1.42 bits per heavy atom. The predicted octanol–water partition coefficient (Wildman–Crippen LogP) is 4.38. The van der Waals surface area contributed by atoms with Crippen molar-refractivity contribution in [3.8, 4) is 11.3 Å². The van der Waals surface area contributed by atoms with Crippen LogP contribution in [0.15, 0.2) is 89.8 Å². The molecule has 1 fully saturated rings. The summed E-state index contributed by atoms with van der Waals surface area (Å²) in [7, 11) is -3.76. The summed E-state index contributed by atoms with van der Waals surface area (Å²) >= 11 is 0. The van der Waals surface area contributed by atoms with E-state index in [1.54, 1.807) is 24.3 Å². The number of aromatic nitrogens is 1. The van der Waals surface area contributed by atoms with E-state index in [-0.39, 0.29) is 17.3 Å². The first-order chi connectivity index (χ1) is 14.7. The molecule has 3 aromatic carbocycles. The van der Waals surface area contributed by atoms with Gasteiger partial charge >= 0.3 is 0 Å².